The molecule has 1 aromatic carbocycles. The van der Waals surface area contributed by atoms with E-state index in [1.165, 1.54) is 5.56 Å². The van der Waals surface area contributed by atoms with Crippen LogP contribution >= 0.6 is 0 Å². The van der Waals surface area contributed by atoms with Gasteiger partial charge in [-0.15, -0.1) is 0 Å². The molecule has 3 N–H and O–H groups in total. The van der Waals surface area contributed by atoms with Crippen LogP contribution in [0.25, 0.3) is 0 Å². The molecule has 0 heterocycles. The van der Waals surface area contributed by atoms with Crippen LogP contribution in [-0.2, 0) is 6.42 Å². The van der Waals surface area contributed by atoms with Gasteiger partial charge in [-0.25, -0.2) is 0 Å². The number of hydrogen-bond acceptors (Lipinski definition) is 2. The van der Waals surface area contributed by atoms with Crippen molar-refractivity contribution in [2.75, 3.05) is 0 Å². The van der Waals surface area contributed by atoms with Crippen molar-refractivity contribution in [2.45, 2.75) is 37.8 Å². The normalized spacial score (nSPS) is 31.5. The van der Waals surface area contributed by atoms with Crippen LogP contribution in [0.5, 0.6) is 0 Å². The van der Waals surface area contributed by atoms with Crippen molar-refractivity contribution < 1.29 is 5.11 Å². The third kappa shape index (κ3) is 2.80. The number of nitrogens with two attached hydrogens (primary N) is 1. The number of aliphatic hydroxyl groups is 1. The molecule has 3 unspecified atom stereocenters. The lowest BCUT2D eigenvalue weighted by Crippen LogP contribution is -2.37. The van der Waals surface area contributed by atoms with E-state index in [4.69, 9.17) is 5.73 Å². The molecule has 0 spiro atoms. The van der Waals surface area contributed by atoms with Gasteiger partial charge in [0.15, 0.2) is 0 Å². The van der Waals surface area contributed by atoms with Gasteiger partial charge in [0.2, 0.25) is 0 Å². The Hall–Kier alpha value is -0.860. The van der Waals surface area contributed by atoms with Crippen molar-refractivity contribution >= 4 is 0 Å². The van der Waals surface area contributed by atoms with Gasteiger partial charge in [0, 0.05) is 6.04 Å². The molecule has 15 heavy (non-hydrogen) atoms. The van der Waals surface area contributed by atoms with E-state index in [0.717, 1.165) is 25.7 Å². The Morgan fingerprint density at radius 3 is 2.67 bits per heavy atom. The molecule has 1 saturated carbocycles. The Balaban J connectivity index is 1.98. The first kappa shape index (κ1) is 10.7. The maximum atomic E-state index is 9.89. The first-order valence-corrected chi connectivity index (χ1v) is 5.73. The summed E-state index contributed by atoms with van der Waals surface area (Å²) in [6.07, 6.45) is 3.57. The van der Waals surface area contributed by atoms with Gasteiger partial charge >= 0.3 is 0 Å². The highest BCUT2D eigenvalue weighted by Crippen LogP contribution is 2.26. The van der Waals surface area contributed by atoms with Gasteiger partial charge in [0.25, 0.3) is 0 Å². The summed E-state index contributed by atoms with van der Waals surface area (Å²) in [6.45, 7) is 0. The van der Waals surface area contributed by atoms with Crippen LogP contribution < -0.4 is 5.73 Å². The first-order chi connectivity index (χ1) is 7.25. The Labute approximate surface area is 91.1 Å². The number of rotatable bonds is 2. The molecule has 1 aliphatic rings. The summed E-state index contributed by atoms with van der Waals surface area (Å²) < 4.78 is 0. The summed E-state index contributed by atoms with van der Waals surface area (Å²) in [7, 11) is 0. The van der Waals surface area contributed by atoms with E-state index in [0.29, 0.717) is 5.92 Å². The minimum atomic E-state index is -0.162. The Kier molecular flexibility index (Phi) is 3.39. The van der Waals surface area contributed by atoms with E-state index < -0.39 is 0 Å². The minimum Gasteiger partial charge on any atom is -0.393 e. The van der Waals surface area contributed by atoms with E-state index in [-0.39, 0.29) is 12.1 Å². The van der Waals surface area contributed by atoms with Gasteiger partial charge in [-0.2, -0.15) is 0 Å². The van der Waals surface area contributed by atoms with Gasteiger partial charge in [-0.3, -0.25) is 0 Å². The molecule has 1 aromatic rings. The van der Waals surface area contributed by atoms with Crippen LogP contribution in [0.15, 0.2) is 30.3 Å². The second-order valence-electron chi connectivity index (χ2n) is 4.59. The molecule has 3 atom stereocenters. The number of hydrogen-bond donors (Lipinski definition) is 2. The third-order valence-corrected chi connectivity index (χ3v) is 3.32. The van der Waals surface area contributed by atoms with Crippen LogP contribution in [0.2, 0.25) is 0 Å². The maximum absolute atomic E-state index is 9.89. The highest BCUT2D eigenvalue weighted by atomic mass is 16.3. The average Bonchev–Trinajstić information content (AvgIpc) is 2.25. The molecule has 0 aromatic heterocycles. The van der Waals surface area contributed by atoms with E-state index >= 15 is 0 Å². The van der Waals surface area contributed by atoms with Crippen LogP contribution in [-0.4, -0.2) is 17.3 Å². The van der Waals surface area contributed by atoms with E-state index in [1.807, 2.05) is 18.2 Å². The minimum absolute atomic E-state index is 0.162. The van der Waals surface area contributed by atoms with Crippen LogP contribution in [0.4, 0.5) is 0 Å². The quantitative estimate of drug-likeness (QED) is 0.772. The van der Waals surface area contributed by atoms with Crippen molar-refractivity contribution in [3.8, 4) is 0 Å². The zero-order valence-electron chi connectivity index (χ0n) is 8.97. The zero-order valence-corrected chi connectivity index (χ0v) is 8.97. The molecule has 82 valence electrons. The summed E-state index contributed by atoms with van der Waals surface area (Å²) in [5.74, 6) is 0.344. The van der Waals surface area contributed by atoms with Crippen molar-refractivity contribution in [1.82, 2.24) is 0 Å². The zero-order chi connectivity index (χ0) is 10.7. The molecule has 2 nitrogen and oxygen atoms in total. The fourth-order valence-corrected chi connectivity index (χ4v) is 2.42. The standard InChI is InChI=1S/C13H19NO/c14-12-6-7-13(15)11(9-12)8-10-4-2-1-3-5-10/h1-5,11-13,15H,6-9,14H2. The SMILES string of the molecule is NC1CCC(O)C(Cc2ccccc2)C1. The van der Waals surface area contributed by atoms with E-state index in [9.17, 15) is 5.11 Å². The van der Waals surface area contributed by atoms with Gasteiger partial charge in [0.1, 0.15) is 0 Å². The largest absolute Gasteiger partial charge is 0.393 e. The van der Waals surface area contributed by atoms with Gasteiger partial charge in [-0.05, 0) is 37.2 Å². The molecule has 0 radical (unpaired) electrons. The average molecular weight is 205 g/mol. The molecule has 2 heteroatoms. The van der Waals surface area contributed by atoms with Gasteiger partial charge in [0.05, 0.1) is 6.10 Å². The smallest absolute Gasteiger partial charge is 0.0572 e. The van der Waals surface area contributed by atoms with E-state index in [2.05, 4.69) is 12.1 Å². The fourth-order valence-electron chi connectivity index (χ4n) is 2.42. The van der Waals surface area contributed by atoms with Crippen molar-refractivity contribution in [1.29, 1.82) is 0 Å². The van der Waals surface area contributed by atoms with Crippen LogP contribution in [0, 0.1) is 5.92 Å². The lowest BCUT2D eigenvalue weighted by Gasteiger charge is -2.31. The first-order valence-electron chi connectivity index (χ1n) is 5.73. The summed E-state index contributed by atoms with van der Waals surface area (Å²) in [4.78, 5) is 0. The third-order valence-electron chi connectivity index (χ3n) is 3.32. The number of aliphatic hydroxyl groups excluding tert-OH is 1. The Bertz CT molecular complexity index is 299. The molecular formula is C13H19NO. The van der Waals surface area contributed by atoms with Crippen LogP contribution in [0.1, 0.15) is 24.8 Å². The molecule has 2 rings (SSSR count). The molecule has 0 amide bonds. The van der Waals surface area contributed by atoms with Crippen molar-refractivity contribution in [2.24, 2.45) is 11.7 Å². The summed E-state index contributed by atoms with van der Waals surface area (Å²) in [6, 6.07) is 10.6. The summed E-state index contributed by atoms with van der Waals surface area (Å²) in [5.41, 5.74) is 7.23. The maximum Gasteiger partial charge on any atom is 0.0572 e. The monoisotopic (exact) mass is 205 g/mol. The lowest BCUT2D eigenvalue weighted by molar-refractivity contribution is 0.0629. The second kappa shape index (κ2) is 4.77. The van der Waals surface area contributed by atoms with Gasteiger partial charge < -0.3 is 10.8 Å². The molecule has 0 bridgehead atoms. The highest BCUT2D eigenvalue weighted by Gasteiger charge is 2.27. The molecule has 0 aliphatic heterocycles. The topological polar surface area (TPSA) is 46.2 Å². The molecule has 1 fully saturated rings. The second-order valence-corrected chi connectivity index (χ2v) is 4.59. The van der Waals surface area contributed by atoms with Gasteiger partial charge in [-0.1, -0.05) is 30.3 Å². The Morgan fingerprint density at radius 1 is 1.20 bits per heavy atom. The van der Waals surface area contributed by atoms with Crippen molar-refractivity contribution in [3.63, 3.8) is 0 Å². The van der Waals surface area contributed by atoms with Crippen LogP contribution in [0.3, 0.4) is 0 Å². The van der Waals surface area contributed by atoms with Crippen molar-refractivity contribution in [3.05, 3.63) is 35.9 Å². The lowest BCUT2D eigenvalue weighted by atomic mass is 9.80. The summed E-state index contributed by atoms with van der Waals surface area (Å²) in [5, 5.41) is 9.89. The predicted molar refractivity (Wildman–Crippen MR) is 61.5 cm³/mol. The molecule has 0 saturated heterocycles. The van der Waals surface area contributed by atoms with E-state index in [1.54, 1.807) is 0 Å². The summed E-state index contributed by atoms with van der Waals surface area (Å²) >= 11 is 0. The Morgan fingerprint density at radius 2 is 1.93 bits per heavy atom. The predicted octanol–water partition coefficient (Wildman–Crippen LogP) is 1.72. The fraction of sp³-hybridized carbons (Fsp3) is 0.538. The number of benzene rings is 1. The highest BCUT2D eigenvalue weighted by molar-refractivity contribution is 5.15. The molecular weight excluding hydrogens is 186 g/mol. The molecule has 1 aliphatic carbocycles.